The molecule has 0 radical (unpaired) electrons. The van der Waals surface area contributed by atoms with Crippen molar-refractivity contribution in [2.24, 2.45) is 5.92 Å². The van der Waals surface area contributed by atoms with Crippen LogP contribution in [0.4, 0.5) is 0 Å². The fourth-order valence-corrected chi connectivity index (χ4v) is 1.58. The van der Waals surface area contributed by atoms with E-state index in [4.69, 9.17) is 0 Å². The Morgan fingerprint density at radius 2 is 2.23 bits per heavy atom. The number of likely N-dealkylation sites (tertiary alicyclic amines) is 1. The van der Waals surface area contributed by atoms with Gasteiger partial charge in [0.2, 0.25) is 11.8 Å². The van der Waals surface area contributed by atoms with Gasteiger partial charge in [0, 0.05) is 26.6 Å². The predicted molar refractivity (Wildman–Crippen MR) is 49.0 cm³/mol. The molecule has 0 aromatic rings. The van der Waals surface area contributed by atoms with Gasteiger partial charge >= 0.3 is 0 Å². The second-order valence-corrected chi connectivity index (χ2v) is 3.35. The number of carbonyl (C=O) groups excluding carboxylic acids is 2. The Kier molecular flexibility index (Phi) is 3.28. The van der Waals surface area contributed by atoms with Gasteiger partial charge in [0.25, 0.3) is 0 Å². The van der Waals surface area contributed by atoms with Crippen molar-refractivity contribution in [1.29, 1.82) is 0 Å². The fraction of sp³-hybridized carbons (Fsp3) is 0.778. The van der Waals surface area contributed by atoms with Crippen molar-refractivity contribution in [3.05, 3.63) is 0 Å². The second kappa shape index (κ2) is 4.25. The van der Waals surface area contributed by atoms with Crippen LogP contribution in [0.5, 0.6) is 0 Å². The molecule has 1 unspecified atom stereocenters. The van der Waals surface area contributed by atoms with Crippen LogP contribution in [0.1, 0.15) is 20.3 Å². The van der Waals surface area contributed by atoms with Gasteiger partial charge in [-0.05, 0) is 13.3 Å². The molecule has 1 N–H and O–H groups in total. The molecule has 4 nitrogen and oxygen atoms in total. The smallest absolute Gasteiger partial charge is 0.224 e. The molecule has 0 aliphatic carbocycles. The van der Waals surface area contributed by atoms with Crippen LogP contribution in [0.2, 0.25) is 0 Å². The summed E-state index contributed by atoms with van der Waals surface area (Å²) >= 11 is 0. The van der Waals surface area contributed by atoms with Crippen LogP contribution in [-0.2, 0) is 9.59 Å². The SMILES string of the molecule is CCNC(=O)C1CCN(C(C)=O)C1. The summed E-state index contributed by atoms with van der Waals surface area (Å²) in [6, 6.07) is 0. The van der Waals surface area contributed by atoms with Gasteiger partial charge in [-0.25, -0.2) is 0 Å². The Morgan fingerprint density at radius 1 is 1.54 bits per heavy atom. The molecule has 13 heavy (non-hydrogen) atoms. The van der Waals surface area contributed by atoms with Crippen LogP contribution >= 0.6 is 0 Å². The monoisotopic (exact) mass is 184 g/mol. The molecule has 4 heteroatoms. The largest absolute Gasteiger partial charge is 0.356 e. The molecular formula is C9H16N2O2. The van der Waals surface area contributed by atoms with Crippen molar-refractivity contribution >= 4 is 11.8 Å². The van der Waals surface area contributed by atoms with Crippen LogP contribution in [-0.4, -0.2) is 36.3 Å². The van der Waals surface area contributed by atoms with E-state index < -0.39 is 0 Å². The van der Waals surface area contributed by atoms with E-state index in [2.05, 4.69) is 5.32 Å². The van der Waals surface area contributed by atoms with Gasteiger partial charge in [0.15, 0.2) is 0 Å². The van der Waals surface area contributed by atoms with Crippen LogP contribution < -0.4 is 5.32 Å². The van der Waals surface area contributed by atoms with E-state index in [9.17, 15) is 9.59 Å². The van der Waals surface area contributed by atoms with Gasteiger partial charge in [-0.2, -0.15) is 0 Å². The molecule has 0 aromatic heterocycles. The lowest BCUT2D eigenvalue weighted by molar-refractivity contribution is -0.128. The zero-order valence-corrected chi connectivity index (χ0v) is 8.17. The van der Waals surface area contributed by atoms with Crippen molar-refractivity contribution in [2.75, 3.05) is 19.6 Å². The van der Waals surface area contributed by atoms with Gasteiger partial charge < -0.3 is 10.2 Å². The van der Waals surface area contributed by atoms with E-state index in [0.717, 1.165) is 13.0 Å². The van der Waals surface area contributed by atoms with Gasteiger partial charge in [-0.15, -0.1) is 0 Å². The molecule has 0 saturated carbocycles. The molecule has 1 saturated heterocycles. The van der Waals surface area contributed by atoms with Crippen LogP contribution in [0.15, 0.2) is 0 Å². The second-order valence-electron chi connectivity index (χ2n) is 3.35. The van der Waals surface area contributed by atoms with Crippen LogP contribution in [0.25, 0.3) is 0 Å². The Labute approximate surface area is 78.3 Å². The molecule has 1 heterocycles. The van der Waals surface area contributed by atoms with Crippen molar-refractivity contribution in [2.45, 2.75) is 20.3 Å². The summed E-state index contributed by atoms with van der Waals surface area (Å²) in [5, 5.41) is 2.77. The first-order chi connectivity index (χ1) is 6.15. The summed E-state index contributed by atoms with van der Waals surface area (Å²) in [6.45, 7) is 5.41. The Bertz CT molecular complexity index is 216. The Morgan fingerprint density at radius 3 is 2.69 bits per heavy atom. The lowest BCUT2D eigenvalue weighted by Gasteiger charge is -2.13. The van der Waals surface area contributed by atoms with Crippen molar-refractivity contribution < 1.29 is 9.59 Å². The van der Waals surface area contributed by atoms with Gasteiger partial charge in [-0.3, -0.25) is 9.59 Å². The third-order valence-electron chi connectivity index (χ3n) is 2.36. The molecule has 1 atom stereocenters. The predicted octanol–water partition coefficient (Wildman–Crippen LogP) is -0.00910. The highest BCUT2D eigenvalue weighted by Crippen LogP contribution is 2.15. The highest BCUT2D eigenvalue weighted by Gasteiger charge is 2.28. The fourth-order valence-electron chi connectivity index (χ4n) is 1.58. The lowest BCUT2D eigenvalue weighted by Crippen LogP contribution is -2.33. The number of amides is 2. The summed E-state index contributed by atoms with van der Waals surface area (Å²) in [5.41, 5.74) is 0. The van der Waals surface area contributed by atoms with E-state index in [-0.39, 0.29) is 17.7 Å². The minimum absolute atomic E-state index is 0.00356. The summed E-state index contributed by atoms with van der Waals surface area (Å²) in [5.74, 6) is 0.141. The quantitative estimate of drug-likeness (QED) is 0.656. The van der Waals surface area contributed by atoms with E-state index >= 15 is 0 Å². The van der Waals surface area contributed by atoms with Crippen molar-refractivity contribution in [3.63, 3.8) is 0 Å². The van der Waals surface area contributed by atoms with Crippen molar-refractivity contribution in [3.8, 4) is 0 Å². The maximum absolute atomic E-state index is 11.4. The molecule has 1 aliphatic heterocycles. The third kappa shape index (κ3) is 2.44. The van der Waals surface area contributed by atoms with E-state index in [1.165, 1.54) is 0 Å². The lowest BCUT2D eigenvalue weighted by atomic mass is 10.1. The standard InChI is InChI=1S/C9H16N2O2/c1-3-10-9(13)8-4-5-11(6-8)7(2)12/h8H,3-6H2,1-2H3,(H,10,13). The highest BCUT2D eigenvalue weighted by atomic mass is 16.2. The first-order valence-corrected chi connectivity index (χ1v) is 4.68. The van der Waals surface area contributed by atoms with Crippen LogP contribution in [0, 0.1) is 5.92 Å². The molecule has 1 fully saturated rings. The molecule has 74 valence electrons. The number of carbonyl (C=O) groups is 2. The van der Waals surface area contributed by atoms with E-state index in [1.807, 2.05) is 6.92 Å². The number of hydrogen-bond donors (Lipinski definition) is 1. The summed E-state index contributed by atoms with van der Waals surface area (Å²) in [6.07, 6.45) is 0.797. The van der Waals surface area contributed by atoms with Crippen molar-refractivity contribution in [1.82, 2.24) is 10.2 Å². The van der Waals surface area contributed by atoms with Gasteiger partial charge in [-0.1, -0.05) is 0 Å². The summed E-state index contributed by atoms with van der Waals surface area (Å²) < 4.78 is 0. The van der Waals surface area contributed by atoms with Gasteiger partial charge in [0.1, 0.15) is 0 Å². The zero-order chi connectivity index (χ0) is 9.84. The number of rotatable bonds is 2. The molecular weight excluding hydrogens is 168 g/mol. The summed E-state index contributed by atoms with van der Waals surface area (Å²) in [7, 11) is 0. The molecule has 1 rings (SSSR count). The molecule has 1 aliphatic rings. The van der Waals surface area contributed by atoms with E-state index in [0.29, 0.717) is 13.1 Å². The molecule has 2 amide bonds. The maximum Gasteiger partial charge on any atom is 0.224 e. The maximum atomic E-state index is 11.4. The van der Waals surface area contributed by atoms with Crippen LogP contribution in [0.3, 0.4) is 0 Å². The topological polar surface area (TPSA) is 49.4 Å². The van der Waals surface area contributed by atoms with E-state index in [1.54, 1.807) is 11.8 Å². The number of nitrogens with one attached hydrogen (secondary N) is 1. The average Bonchev–Trinajstić information content (AvgIpc) is 2.52. The minimum Gasteiger partial charge on any atom is -0.356 e. The normalized spacial score (nSPS) is 21.7. The Balaban J connectivity index is 2.40. The first kappa shape index (κ1) is 10.0. The molecule has 0 spiro atoms. The average molecular weight is 184 g/mol. The Hall–Kier alpha value is -1.06. The summed E-state index contributed by atoms with van der Waals surface area (Å²) in [4.78, 5) is 24.1. The third-order valence-corrected chi connectivity index (χ3v) is 2.36. The molecule has 0 aromatic carbocycles. The minimum atomic E-state index is 0.00356. The number of hydrogen-bond acceptors (Lipinski definition) is 2. The molecule has 0 bridgehead atoms. The number of nitrogens with zero attached hydrogens (tertiary/aromatic N) is 1. The first-order valence-electron chi connectivity index (χ1n) is 4.68. The van der Waals surface area contributed by atoms with Gasteiger partial charge in [0.05, 0.1) is 5.92 Å². The highest BCUT2D eigenvalue weighted by molar-refractivity contribution is 5.81. The zero-order valence-electron chi connectivity index (χ0n) is 8.17.